The van der Waals surface area contributed by atoms with Crippen LogP contribution in [0.4, 0.5) is 10.8 Å². The first kappa shape index (κ1) is 23.7. The molecule has 3 aromatic rings. The molecule has 0 saturated heterocycles. The summed E-state index contributed by atoms with van der Waals surface area (Å²) < 4.78 is 1.04. The standard InChI is InChI=1S/C21H24N4O3S.ClH/c1-3-23(4-2)13-14-24(21-22-18-7-5-6-8-19(18)29-21)20(26)15-16-9-11-17(12-10-16)25(27)28;/h5-12H,3-4,13-15H2,1-2H3;1H. The van der Waals surface area contributed by atoms with Gasteiger partial charge in [0.05, 0.1) is 21.6 Å². The van der Waals surface area contributed by atoms with Gasteiger partial charge in [0.1, 0.15) is 0 Å². The number of nitro benzene ring substituents is 1. The first-order valence-corrected chi connectivity index (χ1v) is 10.4. The van der Waals surface area contributed by atoms with Crippen LogP contribution in [0.15, 0.2) is 48.5 Å². The van der Waals surface area contributed by atoms with Gasteiger partial charge in [-0.3, -0.25) is 19.8 Å². The number of likely N-dealkylation sites (N-methyl/N-ethyl adjacent to an activating group) is 1. The molecule has 0 radical (unpaired) electrons. The van der Waals surface area contributed by atoms with Gasteiger partial charge in [-0.15, -0.1) is 12.4 Å². The number of nitro groups is 1. The van der Waals surface area contributed by atoms with Gasteiger partial charge in [-0.2, -0.15) is 0 Å². The summed E-state index contributed by atoms with van der Waals surface area (Å²) in [7, 11) is 0. The van der Waals surface area contributed by atoms with Crippen molar-refractivity contribution in [2.75, 3.05) is 31.1 Å². The Bertz CT molecular complexity index is 956. The molecule has 0 bridgehead atoms. The van der Waals surface area contributed by atoms with Crippen LogP contribution >= 0.6 is 23.7 Å². The van der Waals surface area contributed by atoms with E-state index in [1.807, 2.05) is 24.3 Å². The van der Waals surface area contributed by atoms with E-state index < -0.39 is 4.92 Å². The maximum atomic E-state index is 13.1. The molecule has 2 aromatic carbocycles. The molecule has 160 valence electrons. The molecule has 1 aromatic heterocycles. The molecule has 0 aliphatic heterocycles. The Morgan fingerprint density at radius 1 is 1.07 bits per heavy atom. The average molecular weight is 449 g/mol. The summed E-state index contributed by atoms with van der Waals surface area (Å²) in [5, 5.41) is 11.5. The molecule has 0 fully saturated rings. The summed E-state index contributed by atoms with van der Waals surface area (Å²) in [5.41, 5.74) is 1.64. The van der Waals surface area contributed by atoms with Gasteiger partial charge in [-0.25, -0.2) is 4.98 Å². The number of hydrogen-bond donors (Lipinski definition) is 0. The van der Waals surface area contributed by atoms with Crippen LogP contribution in [0.3, 0.4) is 0 Å². The lowest BCUT2D eigenvalue weighted by Gasteiger charge is -2.24. The Balaban J connectivity index is 0.00000320. The van der Waals surface area contributed by atoms with Crippen LogP contribution in [0, 0.1) is 10.1 Å². The fourth-order valence-electron chi connectivity index (χ4n) is 3.09. The minimum atomic E-state index is -0.441. The molecule has 0 aliphatic carbocycles. The SMILES string of the molecule is CCN(CC)CCN(C(=O)Cc1ccc([N+](=O)[O-])cc1)c1nc2ccccc2s1.Cl. The predicted molar refractivity (Wildman–Crippen MR) is 124 cm³/mol. The number of nitrogens with zero attached hydrogens (tertiary/aromatic N) is 4. The topological polar surface area (TPSA) is 79.6 Å². The average Bonchev–Trinajstić information content (AvgIpc) is 3.15. The zero-order chi connectivity index (χ0) is 20.8. The maximum Gasteiger partial charge on any atom is 0.269 e. The largest absolute Gasteiger partial charge is 0.302 e. The molecule has 0 saturated carbocycles. The molecule has 9 heteroatoms. The number of benzene rings is 2. The van der Waals surface area contributed by atoms with Crippen LogP contribution in [0.2, 0.25) is 0 Å². The van der Waals surface area contributed by atoms with Crippen molar-refractivity contribution < 1.29 is 9.72 Å². The van der Waals surface area contributed by atoms with E-state index in [4.69, 9.17) is 0 Å². The number of hydrogen-bond acceptors (Lipinski definition) is 6. The minimum Gasteiger partial charge on any atom is -0.302 e. The van der Waals surface area contributed by atoms with Crippen LogP contribution in [0.1, 0.15) is 19.4 Å². The molecule has 0 N–H and O–H groups in total. The normalized spacial score (nSPS) is 10.8. The lowest BCUT2D eigenvalue weighted by Crippen LogP contribution is -2.39. The van der Waals surface area contributed by atoms with E-state index >= 15 is 0 Å². The monoisotopic (exact) mass is 448 g/mol. The molecular formula is C21H25ClN4O3S. The van der Waals surface area contributed by atoms with Gasteiger partial charge in [0.15, 0.2) is 5.13 Å². The third-order valence-corrected chi connectivity index (χ3v) is 5.91. The molecule has 3 rings (SSSR count). The van der Waals surface area contributed by atoms with E-state index in [0.29, 0.717) is 11.7 Å². The number of carbonyl (C=O) groups is 1. The van der Waals surface area contributed by atoms with Crippen LogP contribution in [0.5, 0.6) is 0 Å². The van der Waals surface area contributed by atoms with Gasteiger partial charge in [0.25, 0.3) is 5.69 Å². The summed E-state index contributed by atoms with van der Waals surface area (Å²) in [6, 6.07) is 14.0. The number of non-ortho nitro benzene ring substituents is 1. The third-order valence-electron chi connectivity index (χ3n) is 4.85. The summed E-state index contributed by atoms with van der Waals surface area (Å²) >= 11 is 1.50. The van der Waals surface area contributed by atoms with Gasteiger partial charge in [0, 0.05) is 25.2 Å². The highest BCUT2D eigenvalue weighted by Crippen LogP contribution is 2.29. The van der Waals surface area contributed by atoms with Crippen LogP contribution in [0.25, 0.3) is 10.2 Å². The van der Waals surface area contributed by atoms with Gasteiger partial charge in [-0.05, 0) is 30.8 Å². The molecule has 1 heterocycles. The van der Waals surface area contributed by atoms with Gasteiger partial charge in [-0.1, -0.05) is 49.4 Å². The molecule has 0 aliphatic rings. The summed E-state index contributed by atoms with van der Waals surface area (Å²) in [5.74, 6) is -0.0648. The van der Waals surface area contributed by atoms with Crippen molar-refractivity contribution >= 4 is 50.7 Å². The van der Waals surface area contributed by atoms with Gasteiger partial charge < -0.3 is 4.90 Å². The second-order valence-corrected chi connectivity index (χ2v) is 7.65. The van der Waals surface area contributed by atoms with Crippen molar-refractivity contribution in [2.45, 2.75) is 20.3 Å². The number of para-hydroxylation sites is 1. The van der Waals surface area contributed by atoms with Crippen molar-refractivity contribution in [3.05, 3.63) is 64.2 Å². The number of rotatable bonds is 9. The molecule has 0 spiro atoms. The van der Waals surface area contributed by atoms with Crippen LogP contribution < -0.4 is 4.90 Å². The van der Waals surface area contributed by atoms with Crippen molar-refractivity contribution in [1.29, 1.82) is 0 Å². The summed E-state index contributed by atoms with van der Waals surface area (Å²) in [6.07, 6.45) is 0.173. The Kier molecular flexibility index (Phi) is 8.71. The fourth-order valence-corrected chi connectivity index (χ4v) is 4.10. The van der Waals surface area contributed by atoms with Crippen molar-refractivity contribution in [3.8, 4) is 0 Å². The van der Waals surface area contributed by atoms with E-state index in [0.717, 1.165) is 35.4 Å². The van der Waals surface area contributed by atoms with Crippen LogP contribution in [-0.4, -0.2) is 46.9 Å². The quantitative estimate of drug-likeness (QED) is 0.354. The number of fused-ring (bicyclic) bond motifs is 1. The second kappa shape index (κ2) is 11.0. The van der Waals surface area contributed by atoms with E-state index in [9.17, 15) is 14.9 Å². The summed E-state index contributed by atoms with van der Waals surface area (Å²) in [4.78, 5) is 32.2. The molecule has 1 amide bonds. The Morgan fingerprint density at radius 2 is 1.73 bits per heavy atom. The second-order valence-electron chi connectivity index (χ2n) is 6.64. The highest BCUT2D eigenvalue weighted by atomic mass is 35.5. The number of carbonyl (C=O) groups excluding carboxylic acids is 1. The lowest BCUT2D eigenvalue weighted by atomic mass is 10.1. The fraction of sp³-hybridized carbons (Fsp3) is 0.333. The number of amides is 1. The van der Waals surface area contributed by atoms with Gasteiger partial charge >= 0.3 is 0 Å². The number of aromatic nitrogens is 1. The number of anilines is 1. The van der Waals surface area contributed by atoms with Gasteiger partial charge in [0.2, 0.25) is 5.91 Å². The Hall–Kier alpha value is -2.55. The maximum absolute atomic E-state index is 13.1. The Morgan fingerprint density at radius 3 is 2.33 bits per heavy atom. The molecule has 0 unspecified atom stereocenters. The zero-order valence-corrected chi connectivity index (χ0v) is 18.6. The van der Waals surface area contributed by atoms with E-state index in [1.54, 1.807) is 17.0 Å². The molecule has 0 atom stereocenters. The molecule has 7 nitrogen and oxygen atoms in total. The van der Waals surface area contributed by atoms with Crippen molar-refractivity contribution in [1.82, 2.24) is 9.88 Å². The van der Waals surface area contributed by atoms with E-state index in [1.165, 1.54) is 23.5 Å². The first-order valence-electron chi connectivity index (χ1n) is 9.63. The van der Waals surface area contributed by atoms with E-state index in [2.05, 4.69) is 23.7 Å². The Labute approximate surface area is 185 Å². The third kappa shape index (κ3) is 5.75. The van der Waals surface area contributed by atoms with E-state index in [-0.39, 0.29) is 30.4 Å². The highest BCUT2D eigenvalue weighted by Gasteiger charge is 2.21. The zero-order valence-electron chi connectivity index (χ0n) is 17.0. The van der Waals surface area contributed by atoms with Crippen LogP contribution in [-0.2, 0) is 11.2 Å². The first-order chi connectivity index (χ1) is 14.0. The number of thiazole rings is 1. The van der Waals surface area contributed by atoms with Crippen molar-refractivity contribution in [3.63, 3.8) is 0 Å². The molecular weight excluding hydrogens is 424 g/mol. The molecule has 30 heavy (non-hydrogen) atoms. The smallest absolute Gasteiger partial charge is 0.269 e. The van der Waals surface area contributed by atoms with Crippen molar-refractivity contribution in [2.24, 2.45) is 0 Å². The minimum absolute atomic E-state index is 0. The lowest BCUT2D eigenvalue weighted by molar-refractivity contribution is -0.384. The highest BCUT2D eigenvalue weighted by molar-refractivity contribution is 7.22. The number of halogens is 1. The predicted octanol–water partition coefficient (Wildman–Crippen LogP) is 4.54. The summed E-state index contributed by atoms with van der Waals surface area (Å²) in [6.45, 7) is 7.35.